The van der Waals surface area contributed by atoms with Crippen molar-refractivity contribution in [2.75, 3.05) is 13.2 Å². The Morgan fingerprint density at radius 2 is 2.00 bits per heavy atom. The lowest BCUT2D eigenvalue weighted by Crippen LogP contribution is -2.37. The van der Waals surface area contributed by atoms with Gasteiger partial charge in [0.25, 0.3) is 0 Å². The maximum Gasteiger partial charge on any atom is 0.157 e. The van der Waals surface area contributed by atoms with Gasteiger partial charge in [0.15, 0.2) is 6.29 Å². The van der Waals surface area contributed by atoms with Crippen molar-refractivity contribution in [1.82, 2.24) is 0 Å². The van der Waals surface area contributed by atoms with Crippen LogP contribution in [-0.4, -0.2) is 19.5 Å². The van der Waals surface area contributed by atoms with E-state index in [2.05, 4.69) is 0 Å². The van der Waals surface area contributed by atoms with Gasteiger partial charge in [0.1, 0.15) is 0 Å². The molecule has 0 aliphatic carbocycles. The number of ether oxygens (including phenoxy) is 2. The third-order valence-corrected chi connectivity index (χ3v) is 1.49. The Labute approximate surface area is 65.3 Å². The molecular formula is C8H16O2. The van der Waals surface area contributed by atoms with Crippen LogP contribution in [0.4, 0.5) is 0 Å². The van der Waals surface area contributed by atoms with E-state index in [1.54, 1.807) is 0 Å². The molecular weight excluding hydrogens is 128 g/mol. The summed E-state index contributed by atoms with van der Waals surface area (Å²) in [7, 11) is 0. The van der Waals surface area contributed by atoms with E-state index in [0.717, 1.165) is 0 Å². The van der Waals surface area contributed by atoms with Crippen molar-refractivity contribution < 1.29 is 12.2 Å². The Kier molecular flexibility index (Phi) is 1.60. The summed E-state index contributed by atoms with van der Waals surface area (Å²) in [4.78, 5) is 0. The summed E-state index contributed by atoms with van der Waals surface area (Å²) in [5.74, 6) is 0. The van der Waals surface area contributed by atoms with Crippen molar-refractivity contribution in [3.05, 3.63) is 0 Å². The predicted octanol–water partition coefficient (Wildman–Crippen LogP) is 1.80. The van der Waals surface area contributed by atoms with Gasteiger partial charge in [-0.1, -0.05) is 20.8 Å². The first-order chi connectivity index (χ1) is 5.31. The summed E-state index contributed by atoms with van der Waals surface area (Å²) in [6.45, 7) is 6.66. The van der Waals surface area contributed by atoms with Gasteiger partial charge in [-0.3, -0.25) is 0 Å². The minimum absolute atomic E-state index is 0.0156. The highest BCUT2D eigenvalue weighted by atomic mass is 16.7. The molecule has 0 radical (unpaired) electrons. The normalized spacial score (nSPS) is 31.1. The van der Waals surface area contributed by atoms with Crippen LogP contribution < -0.4 is 0 Å². The van der Waals surface area contributed by atoms with Gasteiger partial charge in [-0.2, -0.15) is 0 Å². The molecule has 0 amide bonds. The standard InChI is InChI=1S/C8H16O2/c1-4-7-9-5-8(2,3)6-10-7/h7H,4-6H2,1-3H3/i4D2. The molecule has 1 saturated heterocycles. The summed E-state index contributed by atoms with van der Waals surface area (Å²) in [5.41, 5.74) is 0.0156. The summed E-state index contributed by atoms with van der Waals surface area (Å²) >= 11 is 0. The molecule has 1 rings (SSSR count). The van der Waals surface area contributed by atoms with E-state index in [-0.39, 0.29) is 5.41 Å². The van der Waals surface area contributed by atoms with Crippen LogP contribution in [0, 0.1) is 5.41 Å². The molecule has 10 heavy (non-hydrogen) atoms. The number of hydrogen-bond donors (Lipinski definition) is 0. The molecule has 2 nitrogen and oxygen atoms in total. The maximum absolute atomic E-state index is 7.37. The Bertz CT molecular complexity index is 153. The van der Waals surface area contributed by atoms with Crippen molar-refractivity contribution >= 4 is 0 Å². The molecule has 0 unspecified atom stereocenters. The zero-order valence-electron chi connectivity index (χ0n) is 8.81. The molecule has 0 saturated carbocycles. The quantitative estimate of drug-likeness (QED) is 0.561. The van der Waals surface area contributed by atoms with Crippen molar-refractivity contribution in [3.8, 4) is 0 Å². The van der Waals surface area contributed by atoms with Gasteiger partial charge >= 0.3 is 0 Å². The van der Waals surface area contributed by atoms with Crippen LogP contribution in [0.25, 0.3) is 0 Å². The monoisotopic (exact) mass is 146 g/mol. The first-order valence-electron chi connectivity index (χ1n) is 4.54. The van der Waals surface area contributed by atoms with E-state index < -0.39 is 12.7 Å². The van der Waals surface area contributed by atoms with Crippen LogP contribution in [-0.2, 0) is 9.47 Å². The molecule has 2 heteroatoms. The molecule has 0 aromatic rings. The second kappa shape index (κ2) is 2.89. The fourth-order valence-corrected chi connectivity index (χ4v) is 0.859. The van der Waals surface area contributed by atoms with Crippen LogP contribution in [0.5, 0.6) is 0 Å². The van der Waals surface area contributed by atoms with Crippen molar-refractivity contribution in [3.63, 3.8) is 0 Å². The van der Waals surface area contributed by atoms with Crippen LogP contribution in [0.15, 0.2) is 0 Å². The fraction of sp³-hybridized carbons (Fsp3) is 1.00. The smallest absolute Gasteiger partial charge is 0.157 e. The van der Waals surface area contributed by atoms with E-state index in [0.29, 0.717) is 13.2 Å². The SMILES string of the molecule is [2H]C([2H])(C)C1OCC(C)(C)CO1. The van der Waals surface area contributed by atoms with Crippen LogP contribution >= 0.6 is 0 Å². The summed E-state index contributed by atoms with van der Waals surface area (Å²) in [6.07, 6.45) is -2.11. The topological polar surface area (TPSA) is 18.5 Å². The molecule has 0 aromatic heterocycles. The highest BCUT2D eigenvalue weighted by molar-refractivity contribution is 4.70. The lowest BCUT2D eigenvalue weighted by atomic mass is 9.95. The van der Waals surface area contributed by atoms with Gasteiger partial charge in [-0.15, -0.1) is 0 Å². The van der Waals surface area contributed by atoms with Gasteiger partial charge < -0.3 is 9.47 Å². The molecule has 1 aliphatic rings. The van der Waals surface area contributed by atoms with E-state index in [1.165, 1.54) is 6.92 Å². The van der Waals surface area contributed by atoms with Gasteiger partial charge in [0, 0.05) is 8.16 Å². The molecule has 0 bridgehead atoms. The summed E-state index contributed by atoms with van der Waals surface area (Å²) in [6, 6.07) is 0. The lowest BCUT2D eigenvalue weighted by molar-refractivity contribution is -0.221. The lowest BCUT2D eigenvalue weighted by Gasteiger charge is -2.34. The van der Waals surface area contributed by atoms with E-state index in [9.17, 15) is 0 Å². The van der Waals surface area contributed by atoms with Crippen LogP contribution in [0.3, 0.4) is 0 Å². The van der Waals surface area contributed by atoms with Crippen LogP contribution in [0.1, 0.15) is 29.9 Å². The molecule has 60 valence electrons. The Balaban J connectivity index is 2.47. The number of hydrogen-bond acceptors (Lipinski definition) is 2. The van der Waals surface area contributed by atoms with Gasteiger partial charge in [-0.05, 0) is 6.37 Å². The maximum atomic E-state index is 7.37. The number of rotatable bonds is 1. The molecule has 0 N–H and O–H groups in total. The minimum Gasteiger partial charge on any atom is -0.352 e. The molecule has 1 fully saturated rings. The van der Waals surface area contributed by atoms with Gasteiger partial charge in [0.2, 0.25) is 0 Å². The highest BCUT2D eigenvalue weighted by Gasteiger charge is 2.26. The highest BCUT2D eigenvalue weighted by Crippen LogP contribution is 2.23. The van der Waals surface area contributed by atoms with Crippen molar-refractivity contribution in [1.29, 1.82) is 0 Å². The van der Waals surface area contributed by atoms with E-state index in [4.69, 9.17) is 12.2 Å². The van der Waals surface area contributed by atoms with Crippen molar-refractivity contribution in [2.45, 2.75) is 33.4 Å². The zero-order chi connectivity index (χ0) is 9.41. The minimum atomic E-state index is -1.41. The van der Waals surface area contributed by atoms with E-state index in [1.807, 2.05) is 13.8 Å². The Hall–Kier alpha value is -0.0800. The molecule has 1 heterocycles. The van der Waals surface area contributed by atoms with E-state index >= 15 is 0 Å². The molecule has 1 aliphatic heterocycles. The third-order valence-electron chi connectivity index (χ3n) is 1.49. The predicted molar refractivity (Wildman–Crippen MR) is 39.8 cm³/mol. The summed E-state index contributed by atoms with van der Waals surface area (Å²) in [5, 5.41) is 0. The second-order valence-electron chi connectivity index (χ2n) is 3.41. The van der Waals surface area contributed by atoms with Crippen LogP contribution in [0.2, 0.25) is 0 Å². The van der Waals surface area contributed by atoms with Gasteiger partial charge in [0.05, 0.1) is 13.2 Å². The Morgan fingerprint density at radius 3 is 2.40 bits per heavy atom. The molecule has 0 aromatic carbocycles. The average Bonchev–Trinajstić information content (AvgIpc) is 1.83. The largest absolute Gasteiger partial charge is 0.352 e. The summed E-state index contributed by atoms with van der Waals surface area (Å²) < 4.78 is 25.3. The van der Waals surface area contributed by atoms with Crippen molar-refractivity contribution in [2.24, 2.45) is 5.41 Å². The van der Waals surface area contributed by atoms with Gasteiger partial charge in [-0.25, -0.2) is 0 Å². The first kappa shape index (κ1) is 5.56. The first-order valence-corrected chi connectivity index (χ1v) is 3.54. The second-order valence-corrected chi connectivity index (χ2v) is 3.41. The third kappa shape index (κ3) is 1.96. The Morgan fingerprint density at radius 1 is 1.50 bits per heavy atom. The molecule has 0 spiro atoms. The molecule has 0 atom stereocenters. The zero-order valence-corrected chi connectivity index (χ0v) is 6.81. The fourth-order valence-electron chi connectivity index (χ4n) is 0.859. The average molecular weight is 146 g/mol.